The third kappa shape index (κ3) is 6.71. The summed E-state index contributed by atoms with van der Waals surface area (Å²) >= 11 is 0. The van der Waals surface area contributed by atoms with Gasteiger partial charge in [-0.05, 0) is 51.1 Å². The highest BCUT2D eigenvalue weighted by molar-refractivity contribution is 6.04. The lowest BCUT2D eigenvalue weighted by Gasteiger charge is -2.24. The fraction of sp³-hybridized carbons (Fsp3) is 0.333. The van der Waals surface area contributed by atoms with Gasteiger partial charge in [-0.2, -0.15) is 5.10 Å². The van der Waals surface area contributed by atoms with Crippen LogP contribution in [0.15, 0.2) is 48.7 Å². The molecule has 0 saturated heterocycles. The zero-order valence-corrected chi connectivity index (χ0v) is 19.9. The van der Waals surface area contributed by atoms with Crippen LogP contribution in [0.1, 0.15) is 31.3 Å². The maximum absolute atomic E-state index is 12.8. The number of likely N-dealkylation sites (N-methyl/N-ethyl adjacent to an activating group) is 1. The topological polar surface area (TPSA) is 119 Å². The van der Waals surface area contributed by atoms with Gasteiger partial charge in [-0.1, -0.05) is 6.07 Å². The summed E-state index contributed by atoms with van der Waals surface area (Å²) in [5, 5.41) is 9.54. The SMILES string of the molecule is COc1cc(OCCN(C)C(=O)OC(C)(C)C)ccc1NC(=O)c1cccc(-c2ccn[nH]2)n1. The second-order valence-corrected chi connectivity index (χ2v) is 8.44. The maximum atomic E-state index is 12.8. The summed E-state index contributed by atoms with van der Waals surface area (Å²) in [5.41, 5.74) is 1.48. The fourth-order valence-corrected chi connectivity index (χ4v) is 2.89. The van der Waals surface area contributed by atoms with Crippen LogP contribution >= 0.6 is 0 Å². The number of rotatable bonds is 8. The molecule has 0 aliphatic heterocycles. The van der Waals surface area contributed by atoms with E-state index < -0.39 is 11.7 Å². The number of methoxy groups -OCH3 is 1. The van der Waals surface area contributed by atoms with E-state index in [1.165, 1.54) is 12.0 Å². The average molecular weight is 468 g/mol. The van der Waals surface area contributed by atoms with Crippen molar-refractivity contribution in [3.63, 3.8) is 0 Å². The molecule has 0 aliphatic carbocycles. The van der Waals surface area contributed by atoms with Gasteiger partial charge in [0.2, 0.25) is 0 Å². The summed E-state index contributed by atoms with van der Waals surface area (Å²) in [6, 6.07) is 12.0. The third-order valence-electron chi connectivity index (χ3n) is 4.58. The molecule has 0 radical (unpaired) electrons. The number of nitrogens with zero attached hydrogens (tertiary/aromatic N) is 3. The van der Waals surface area contributed by atoms with Crippen molar-refractivity contribution >= 4 is 17.7 Å². The molecule has 34 heavy (non-hydrogen) atoms. The number of benzene rings is 1. The standard InChI is InChI=1S/C24H29N5O5/c1-24(2,3)34-23(31)29(4)13-14-33-16-9-10-19(21(15-16)32-5)27-22(30)20-8-6-7-17(26-20)18-11-12-25-28-18/h6-12,15H,13-14H2,1-5H3,(H,25,28)(H,27,30). The number of aromatic nitrogens is 3. The summed E-state index contributed by atoms with van der Waals surface area (Å²) in [7, 11) is 3.15. The molecule has 0 unspecified atom stereocenters. The number of carbonyl (C=O) groups is 2. The monoisotopic (exact) mass is 467 g/mol. The second-order valence-electron chi connectivity index (χ2n) is 8.44. The van der Waals surface area contributed by atoms with E-state index in [9.17, 15) is 9.59 Å². The van der Waals surface area contributed by atoms with E-state index in [-0.39, 0.29) is 18.2 Å². The van der Waals surface area contributed by atoms with Crippen LogP contribution < -0.4 is 14.8 Å². The number of carbonyl (C=O) groups excluding carboxylic acids is 2. The van der Waals surface area contributed by atoms with Gasteiger partial charge in [-0.25, -0.2) is 9.78 Å². The molecule has 10 heteroatoms. The van der Waals surface area contributed by atoms with Gasteiger partial charge in [0.05, 0.1) is 30.7 Å². The average Bonchev–Trinajstić information content (AvgIpc) is 3.34. The highest BCUT2D eigenvalue weighted by atomic mass is 16.6. The van der Waals surface area contributed by atoms with E-state index >= 15 is 0 Å². The molecule has 2 amide bonds. The summed E-state index contributed by atoms with van der Waals surface area (Å²) in [6.45, 7) is 6.04. The van der Waals surface area contributed by atoms with E-state index in [4.69, 9.17) is 14.2 Å². The normalized spacial score (nSPS) is 11.0. The molecule has 3 rings (SSSR count). The molecule has 0 fully saturated rings. The largest absolute Gasteiger partial charge is 0.494 e. The second kappa shape index (κ2) is 10.7. The van der Waals surface area contributed by atoms with Gasteiger partial charge in [-0.15, -0.1) is 0 Å². The Bertz CT molecular complexity index is 1130. The van der Waals surface area contributed by atoms with Crippen molar-refractivity contribution in [3.05, 3.63) is 54.4 Å². The van der Waals surface area contributed by atoms with Crippen LogP contribution in [0.5, 0.6) is 11.5 Å². The number of ether oxygens (including phenoxy) is 3. The Morgan fingerprint density at radius 3 is 2.62 bits per heavy atom. The Hall–Kier alpha value is -4.08. The minimum Gasteiger partial charge on any atom is -0.494 e. The van der Waals surface area contributed by atoms with Crippen LogP contribution in [0, 0.1) is 0 Å². The predicted molar refractivity (Wildman–Crippen MR) is 127 cm³/mol. The van der Waals surface area contributed by atoms with Gasteiger partial charge in [0.25, 0.3) is 5.91 Å². The predicted octanol–water partition coefficient (Wildman–Crippen LogP) is 3.98. The molecule has 1 aromatic carbocycles. The van der Waals surface area contributed by atoms with E-state index in [2.05, 4.69) is 20.5 Å². The van der Waals surface area contributed by atoms with Crippen LogP contribution in [-0.4, -0.2) is 65.0 Å². The van der Waals surface area contributed by atoms with E-state index in [1.807, 2.05) is 20.8 Å². The number of aromatic amines is 1. The van der Waals surface area contributed by atoms with Crippen LogP contribution in [-0.2, 0) is 4.74 Å². The lowest BCUT2D eigenvalue weighted by Crippen LogP contribution is -2.36. The fourth-order valence-electron chi connectivity index (χ4n) is 2.89. The van der Waals surface area contributed by atoms with Crippen molar-refractivity contribution in [2.45, 2.75) is 26.4 Å². The smallest absolute Gasteiger partial charge is 0.410 e. The molecule has 0 spiro atoms. The minimum absolute atomic E-state index is 0.250. The van der Waals surface area contributed by atoms with E-state index in [0.717, 1.165) is 0 Å². The maximum Gasteiger partial charge on any atom is 0.410 e. The summed E-state index contributed by atoms with van der Waals surface area (Å²) < 4.78 is 16.5. The molecular formula is C24H29N5O5. The minimum atomic E-state index is -0.560. The van der Waals surface area contributed by atoms with Crippen LogP contribution in [0.2, 0.25) is 0 Å². The molecule has 10 nitrogen and oxygen atoms in total. The number of hydrogen-bond donors (Lipinski definition) is 2. The van der Waals surface area contributed by atoms with Crippen molar-refractivity contribution in [1.82, 2.24) is 20.1 Å². The first-order valence-electron chi connectivity index (χ1n) is 10.7. The van der Waals surface area contributed by atoms with E-state index in [0.29, 0.717) is 35.1 Å². The van der Waals surface area contributed by atoms with Crippen molar-refractivity contribution in [2.24, 2.45) is 0 Å². The van der Waals surface area contributed by atoms with Gasteiger partial charge in [0.15, 0.2) is 0 Å². The number of pyridine rings is 1. The third-order valence-corrected chi connectivity index (χ3v) is 4.58. The highest BCUT2D eigenvalue weighted by Gasteiger charge is 2.19. The number of nitrogens with one attached hydrogen (secondary N) is 2. The summed E-state index contributed by atoms with van der Waals surface area (Å²) in [4.78, 5) is 30.6. The molecule has 3 aromatic rings. The molecule has 0 atom stereocenters. The van der Waals surface area contributed by atoms with Crippen LogP contribution in [0.3, 0.4) is 0 Å². The Morgan fingerprint density at radius 2 is 1.94 bits per heavy atom. The van der Waals surface area contributed by atoms with Crippen molar-refractivity contribution in [2.75, 3.05) is 32.6 Å². The Balaban J connectivity index is 1.60. The lowest BCUT2D eigenvalue weighted by molar-refractivity contribution is 0.0278. The first kappa shape index (κ1) is 24.6. The van der Waals surface area contributed by atoms with E-state index in [1.54, 1.807) is 55.7 Å². The number of H-pyrrole nitrogens is 1. The Kier molecular flexibility index (Phi) is 7.72. The van der Waals surface area contributed by atoms with Crippen molar-refractivity contribution in [3.8, 4) is 22.9 Å². The molecule has 2 aromatic heterocycles. The van der Waals surface area contributed by atoms with Gasteiger partial charge in [-0.3, -0.25) is 9.89 Å². The van der Waals surface area contributed by atoms with Gasteiger partial charge < -0.3 is 24.4 Å². The van der Waals surface area contributed by atoms with Gasteiger partial charge >= 0.3 is 6.09 Å². The molecule has 0 aliphatic rings. The molecule has 2 N–H and O–H groups in total. The summed E-state index contributed by atoms with van der Waals surface area (Å²) in [6.07, 6.45) is 1.20. The summed E-state index contributed by atoms with van der Waals surface area (Å²) in [5.74, 6) is 0.579. The highest BCUT2D eigenvalue weighted by Crippen LogP contribution is 2.29. The first-order valence-corrected chi connectivity index (χ1v) is 10.7. The Morgan fingerprint density at radius 1 is 1.15 bits per heavy atom. The van der Waals surface area contributed by atoms with Gasteiger partial charge in [0, 0.05) is 19.3 Å². The number of anilines is 1. The van der Waals surface area contributed by atoms with Gasteiger partial charge in [0.1, 0.15) is 29.4 Å². The zero-order valence-electron chi connectivity index (χ0n) is 19.9. The number of amides is 2. The molecule has 0 saturated carbocycles. The zero-order chi connectivity index (χ0) is 24.7. The first-order chi connectivity index (χ1) is 16.2. The quantitative estimate of drug-likeness (QED) is 0.514. The lowest BCUT2D eigenvalue weighted by atomic mass is 10.2. The Labute approximate surface area is 198 Å². The molecule has 2 heterocycles. The van der Waals surface area contributed by atoms with Crippen molar-refractivity contribution in [1.29, 1.82) is 0 Å². The van der Waals surface area contributed by atoms with Crippen molar-refractivity contribution < 1.29 is 23.8 Å². The van der Waals surface area contributed by atoms with Crippen LogP contribution in [0.4, 0.5) is 10.5 Å². The van der Waals surface area contributed by atoms with Crippen LogP contribution in [0.25, 0.3) is 11.4 Å². The molecular weight excluding hydrogens is 438 g/mol. The molecule has 0 bridgehead atoms. The number of hydrogen-bond acceptors (Lipinski definition) is 7. The molecule has 180 valence electrons.